The Morgan fingerprint density at radius 1 is 0.889 bits per heavy atom. The second kappa shape index (κ2) is 11.2. The van der Waals surface area contributed by atoms with Crippen LogP contribution in [-0.4, -0.2) is 41.7 Å². The van der Waals surface area contributed by atoms with Gasteiger partial charge < -0.3 is 18.9 Å². The summed E-state index contributed by atoms with van der Waals surface area (Å²) in [6.07, 6.45) is 2.20. The van der Waals surface area contributed by atoms with Crippen LogP contribution in [0.25, 0.3) is 22.4 Å². The summed E-state index contributed by atoms with van der Waals surface area (Å²) in [5.41, 5.74) is 4.53. The molecule has 0 unspecified atom stereocenters. The highest BCUT2D eigenvalue weighted by Crippen LogP contribution is 2.32. The predicted molar refractivity (Wildman–Crippen MR) is 149 cm³/mol. The van der Waals surface area contributed by atoms with Crippen LogP contribution < -0.4 is 9.47 Å². The molecule has 1 aromatic heterocycles. The van der Waals surface area contributed by atoms with Crippen molar-refractivity contribution in [1.82, 2.24) is 14.5 Å². The van der Waals surface area contributed by atoms with Crippen LogP contribution in [0, 0.1) is 0 Å². The zero-order chi connectivity index (χ0) is 25.7. The summed E-state index contributed by atoms with van der Waals surface area (Å²) in [4.78, 5) is 7.14. The van der Waals surface area contributed by atoms with E-state index in [1.165, 1.54) is 5.56 Å². The van der Waals surface area contributed by atoms with Crippen molar-refractivity contribution in [2.75, 3.05) is 27.2 Å². The topological polar surface area (TPSA) is 39.5 Å². The van der Waals surface area contributed by atoms with E-state index in [2.05, 4.69) is 87.7 Å². The molecule has 3 aromatic carbocycles. The number of aryl methyl sites for hydroxylation is 1. The lowest BCUT2D eigenvalue weighted by Crippen LogP contribution is -2.19. The molecule has 0 saturated heterocycles. The van der Waals surface area contributed by atoms with Crippen LogP contribution >= 0.6 is 0 Å². The fourth-order valence-corrected chi connectivity index (χ4v) is 4.16. The monoisotopic (exact) mass is 485 g/mol. The second-order valence-corrected chi connectivity index (χ2v) is 10.6. The molecule has 5 nitrogen and oxygen atoms in total. The molecule has 1 heterocycles. The normalized spacial score (nSPS) is 11.9. The number of benzene rings is 3. The van der Waals surface area contributed by atoms with Gasteiger partial charge >= 0.3 is 0 Å². The van der Waals surface area contributed by atoms with E-state index in [0.29, 0.717) is 6.61 Å². The molecule has 36 heavy (non-hydrogen) atoms. The first kappa shape index (κ1) is 25.8. The van der Waals surface area contributed by atoms with Gasteiger partial charge in [0.05, 0.1) is 11.0 Å². The third kappa shape index (κ3) is 6.27. The molecule has 0 aliphatic carbocycles. The van der Waals surface area contributed by atoms with Gasteiger partial charge in [-0.25, -0.2) is 4.98 Å². The van der Waals surface area contributed by atoms with Crippen LogP contribution in [0.15, 0.2) is 66.7 Å². The molecule has 0 N–H and O–H groups in total. The van der Waals surface area contributed by atoms with E-state index in [0.717, 1.165) is 65.6 Å². The summed E-state index contributed by atoms with van der Waals surface area (Å²) < 4.78 is 14.6. The Labute approximate surface area is 215 Å². The molecular weight excluding hydrogens is 446 g/mol. The highest BCUT2D eigenvalue weighted by molar-refractivity contribution is 5.82. The van der Waals surface area contributed by atoms with Crippen molar-refractivity contribution in [1.29, 1.82) is 0 Å². The fraction of sp³-hybridized carbons (Fsp3) is 0.387. The van der Waals surface area contributed by atoms with Crippen LogP contribution in [0.3, 0.4) is 0 Å². The molecule has 5 heteroatoms. The van der Waals surface area contributed by atoms with Gasteiger partial charge in [0.25, 0.3) is 0 Å². The minimum atomic E-state index is 0.118. The molecule has 0 bridgehead atoms. The minimum absolute atomic E-state index is 0.118. The van der Waals surface area contributed by atoms with Gasteiger partial charge in [0.2, 0.25) is 0 Å². The Morgan fingerprint density at radius 3 is 2.33 bits per heavy atom. The maximum absolute atomic E-state index is 6.22. The number of hydrogen-bond acceptors (Lipinski definition) is 4. The molecule has 0 atom stereocenters. The zero-order valence-electron chi connectivity index (χ0n) is 22.5. The van der Waals surface area contributed by atoms with Gasteiger partial charge in [-0.3, -0.25) is 0 Å². The van der Waals surface area contributed by atoms with Crippen LogP contribution in [0.4, 0.5) is 0 Å². The Bertz CT molecular complexity index is 1280. The van der Waals surface area contributed by atoms with E-state index in [-0.39, 0.29) is 5.41 Å². The number of fused-ring (bicyclic) bond motifs is 1. The van der Waals surface area contributed by atoms with Crippen LogP contribution in [-0.2, 0) is 12.0 Å². The van der Waals surface area contributed by atoms with Crippen molar-refractivity contribution in [2.24, 2.45) is 0 Å². The molecule has 4 rings (SSSR count). The summed E-state index contributed by atoms with van der Waals surface area (Å²) >= 11 is 0. The fourth-order valence-electron chi connectivity index (χ4n) is 4.16. The number of hydrogen-bond donors (Lipinski definition) is 0. The van der Waals surface area contributed by atoms with Crippen molar-refractivity contribution in [3.63, 3.8) is 0 Å². The van der Waals surface area contributed by atoms with Crippen molar-refractivity contribution in [3.05, 3.63) is 72.3 Å². The van der Waals surface area contributed by atoms with Crippen LogP contribution in [0.5, 0.6) is 17.2 Å². The molecule has 190 valence electrons. The average molecular weight is 486 g/mol. The molecule has 0 spiro atoms. The summed E-state index contributed by atoms with van der Waals surface area (Å²) in [5.74, 6) is 3.47. The molecule has 0 amide bonds. The zero-order valence-corrected chi connectivity index (χ0v) is 22.5. The first-order valence-corrected chi connectivity index (χ1v) is 12.9. The van der Waals surface area contributed by atoms with E-state index in [1.807, 2.05) is 30.3 Å². The van der Waals surface area contributed by atoms with Gasteiger partial charge in [0.15, 0.2) is 0 Å². The highest BCUT2D eigenvalue weighted by atomic mass is 16.5. The quantitative estimate of drug-likeness (QED) is 0.233. The van der Waals surface area contributed by atoms with E-state index in [1.54, 1.807) is 0 Å². The van der Waals surface area contributed by atoms with Crippen molar-refractivity contribution in [2.45, 2.75) is 52.5 Å². The molecular formula is C31H39N3O2. The van der Waals surface area contributed by atoms with E-state index >= 15 is 0 Å². The largest absolute Gasteiger partial charge is 0.492 e. The van der Waals surface area contributed by atoms with Crippen molar-refractivity contribution < 1.29 is 9.47 Å². The molecule has 0 radical (unpaired) electrons. The van der Waals surface area contributed by atoms with E-state index in [4.69, 9.17) is 14.5 Å². The van der Waals surface area contributed by atoms with E-state index < -0.39 is 0 Å². The molecule has 0 saturated carbocycles. The molecule has 0 aliphatic rings. The van der Waals surface area contributed by atoms with Crippen molar-refractivity contribution in [3.8, 4) is 28.6 Å². The SMILES string of the molecule is CCCCn1c(-c2cccc(Oc3ccc(C(C)(C)C)cc3)c2)nc2ccc(OCCN(C)C)cc21. The predicted octanol–water partition coefficient (Wildman–Crippen LogP) is 7.53. The minimum Gasteiger partial charge on any atom is -0.492 e. The maximum atomic E-state index is 6.22. The number of rotatable bonds is 10. The third-order valence-corrected chi connectivity index (χ3v) is 6.31. The lowest BCUT2D eigenvalue weighted by atomic mass is 9.87. The summed E-state index contributed by atoms with van der Waals surface area (Å²) in [5, 5.41) is 0. The Kier molecular flexibility index (Phi) is 8.00. The lowest BCUT2D eigenvalue weighted by molar-refractivity contribution is 0.261. The Morgan fingerprint density at radius 2 is 1.64 bits per heavy atom. The van der Waals surface area contributed by atoms with Gasteiger partial charge in [-0.2, -0.15) is 0 Å². The smallest absolute Gasteiger partial charge is 0.141 e. The third-order valence-electron chi connectivity index (χ3n) is 6.31. The van der Waals surface area contributed by atoms with Gasteiger partial charge in [-0.05, 0) is 67.9 Å². The number of likely N-dealkylation sites (N-methyl/N-ethyl adjacent to an activating group) is 1. The second-order valence-electron chi connectivity index (χ2n) is 10.6. The Hall–Kier alpha value is -3.31. The van der Waals surface area contributed by atoms with Crippen molar-refractivity contribution >= 4 is 11.0 Å². The summed E-state index contributed by atoms with van der Waals surface area (Å²) in [6.45, 7) is 11.3. The van der Waals surface area contributed by atoms with Gasteiger partial charge in [0.1, 0.15) is 29.7 Å². The number of ether oxygens (including phenoxy) is 2. The summed E-state index contributed by atoms with van der Waals surface area (Å²) in [7, 11) is 4.11. The number of unbranched alkanes of at least 4 members (excludes halogenated alkanes) is 1. The Balaban J connectivity index is 1.63. The molecule has 4 aromatic rings. The first-order valence-electron chi connectivity index (χ1n) is 12.9. The standard InChI is InChI=1S/C31H39N3O2/c1-7-8-18-34-29-22-26(35-20-19-33(5)6)16-17-28(29)32-30(34)23-10-9-11-27(21-23)36-25-14-12-24(13-15-25)31(2,3)4/h9-17,21-22H,7-8,18-20H2,1-6H3. The van der Waals surface area contributed by atoms with Crippen LogP contribution in [0.2, 0.25) is 0 Å². The van der Waals surface area contributed by atoms with Crippen LogP contribution in [0.1, 0.15) is 46.1 Å². The number of imidazole rings is 1. The molecule has 0 aliphatic heterocycles. The van der Waals surface area contributed by atoms with E-state index in [9.17, 15) is 0 Å². The first-order chi connectivity index (χ1) is 17.2. The van der Waals surface area contributed by atoms with Gasteiger partial charge in [-0.15, -0.1) is 0 Å². The number of nitrogens with zero attached hydrogens (tertiary/aromatic N) is 3. The molecule has 0 fully saturated rings. The average Bonchev–Trinajstić information content (AvgIpc) is 3.20. The lowest BCUT2D eigenvalue weighted by Gasteiger charge is -2.19. The highest BCUT2D eigenvalue weighted by Gasteiger charge is 2.15. The maximum Gasteiger partial charge on any atom is 0.141 e. The number of aromatic nitrogens is 2. The van der Waals surface area contributed by atoms with Gasteiger partial charge in [-0.1, -0.05) is 58.4 Å². The summed E-state index contributed by atoms with van der Waals surface area (Å²) in [6, 6.07) is 22.8. The van der Waals surface area contributed by atoms with Gasteiger partial charge in [0, 0.05) is 24.7 Å².